The van der Waals surface area contributed by atoms with Crippen molar-refractivity contribution in [3.63, 3.8) is 0 Å². The zero-order valence-electron chi connectivity index (χ0n) is 12.7. The van der Waals surface area contributed by atoms with Gasteiger partial charge in [-0.25, -0.2) is 0 Å². The van der Waals surface area contributed by atoms with Gasteiger partial charge in [-0.05, 0) is 32.9 Å². The maximum absolute atomic E-state index is 10.3. The SMILES string of the molecule is Cc1cc(C[C@@H]2CN(c3cc(C)nc(C)c3)C[C@@H]2O)on1. The van der Waals surface area contributed by atoms with E-state index in [2.05, 4.69) is 27.2 Å². The van der Waals surface area contributed by atoms with E-state index in [-0.39, 0.29) is 12.0 Å². The van der Waals surface area contributed by atoms with Gasteiger partial charge in [0.15, 0.2) is 0 Å². The van der Waals surface area contributed by atoms with Crippen LogP contribution in [0.5, 0.6) is 0 Å². The van der Waals surface area contributed by atoms with Crippen molar-refractivity contribution >= 4 is 5.69 Å². The average molecular weight is 287 g/mol. The molecular formula is C16H21N3O2. The van der Waals surface area contributed by atoms with E-state index in [4.69, 9.17) is 4.52 Å². The Morgan fingerprint density at radius 2 is 1.86 bits per heavy atom. The highest BCUT2D eigenvalue weighted by Gasteiger charge is 2.32. The number of rotatable bonds is 3. The molecule has 2 atom stereocenters. The summed E-state index contributed by atoms with van der Waals surface area (Å²) in [5.41, 5.74) is 4.03. The minimum absolute atomic E-state index is 0.172. The summed E-state index contributed by atoms with van der Waals surface area (Å²) in [5, 5.41) is 14.2. The van der Waals surface area contributed by atoms with Gasteiger partial charge in [0, 0.05) is 48.6 Å². The third-order valence-electron chi connectivity index (χ3n) is 3.98. The molecule has 0 saturated carbocycles. The number of anilines is 1. The summed E-state index contributed by atoms with van der Waals surface area (Å²) >= 11 is 0. The fourth-order valence-corrected chi connectivity index (χ4v) is 3.03. The Bertz CT molecular complexity index is 618. The quantitative estimate of drug-likeness (QED) is 0.936. The topological polar surface area (TPSA) is 62.4 Å². The number of aromatic nitrogens is 2. The molecule has 5 heteroatoms. The van der Waals surface area contributed by atoms with Crippen LogP contribution in [0.3, 0.4) is 0 Å². The van der Waals surface area contributed by atoms with Crippen LogP contribution in [0.25, 0.3) is 0 Å². The molecule has 0 amide bonds. The first kappa shape index (κ1) is 14.1. The molecule has 1 fully saturated rings. The van der Waals surface area contributed by atoms with Crippen molar-refractivity contribution in [2.45, 2.75) is 33.3 Å². The monoisotopic (exact) mass is 287 g/mol. The fraction of sp³-hybridized carbons (Fsp3) is 0.500. The molecule has 2 aromatic rings. The molecule has 21 heavy (non-hydrogen) atoms. The standard InChI is InChI=1S/C16H21N3O2/c1-10-4-14(5-11(2)17-10)19-8-13(16(20)9-19)7-15-6-12(3)18-21-15/h4-6,13,16,20H,7-9H2,1-3H3/t13-,16+/m1/s1. The van der Waals surface area contributed by atoms with Gasteiger partial charge in [-0.1, -0.05) is 5.16 Å². The molecule has 1 aliphatic heterocycles. The first-order valence-corrected chi connectivity index (χ1v) is 7.32. The van der Waals surface area contributed by atoms with E-state index in [1.807, 2.05) is 26.8 Å². The Balaban J connectivity index is 1.73. The van der Waals surface area contributed by atoms with E-state index in [0.717, 1.165) is 41.5 Å². The fourth-order valence-electron chi connectivity index (χ4n) is 3.03. The number of hydrogen-bond acceptors (Lipinski definition) is 5. The van der Waals surface area contributed by atoms with Crippen LogP contribution >= 0.6 is 0 Å². The maximum atomic E-state index is 10.3. The molecule has 0 radical (unpaired) electrons. The summed E-state index contributed by atoms with van der Waals surface area (Å²) in [5.74, 6) is 1.02. The summed E-state index contributed by atoms with van der Waals surface area (Å²) in [6.45, 7) is 7.38. The van der Waals surface area contributed by atoms with Crippen molar-refractivity contribution in [1.29, 1.82) is 0 Å². The van der Waals surface area contributed by atoms with Gasteiger partial charge >= 0.3 is 0 Å². The second-order valence-corrected chi connectivity index (χ2v) is 5.98. The molecular weight excluding hydrogens is 266 g/mol. The molecule has 1 aliphatic rings. The van der Waals surface area contributed by atoms with Crippen molar-refractivity contribution in [2.24, 2.45) is 5.92 Å². The van der Waals surface area contributed by atoms with Crippen LogP contribution in [-0.4, -0.2) is 34.4 Å². The Hall–Kier alpha value is -1.88. The molecule has 1 saturated heterocycles. The Labute approximate surface area is 124 Å². The van der Waals surface area contributed by atoms with Gasteiger partial charge in [0.1, 0.15) is 5.76 Å². The number of hydrogen-bond donors (Lipinski definition) is 1. The molecule has 0 aliphatic carbocycles. The van der Waals surface area contributed by atoms with E-state index in [0.29, 0.717) is 6.54 Å². The predicted molar refractivity (Wildman–Crippen MR) is 80.4 cm³/mol. The molecule has 112 valence electrons. The van der Waals surface area contributed by atoms with Gasteiger partial charge in [-0.3, -0.25) is 4.98 Å². The zero-order chi connectivity index (χ0) is 15.0. The van der Waals surface area contributed by atoms with Crippen LogP contribution < -0.4 is 4.90 Å². The molecule has 0 spiro atoms. The van der Waals surface area contributed by atoms with Crippen LogP contribution in [0.1, 0.15) is 22.8 Å². The van der Waals surface area contributed by atoms with Gasteiger partial charge in [0.2, 0.25) is 0 Å². The highest BCUT2D eigenvalue weighted by Crippen LogP contribution is 2.27. The average Bonchev–Trinajstić information content (AvgIpc) is 2.96. The third-order valence-corrected chi connectivity index (χ3v) is 3.98. The second kappa shape index (κ2) is 5.48. The summed E-state index contributed by atoms with van der Waals surface area (Å²) in [7, 11) is 0. The van der Waals surface area contributed by atoms with Gasteiger partial charge in [-0.2, -0.15) is 0 Å². The lowest BCUT2D eigenvalue weighted by molar-refractivity contribution is 0.143. The molecule has 0 aromatic carbocycles. The van der Waals surface area contributed by atoms with Gasteiger partial charge in [0.05, 0.1) is 11.8 Å². The lowest BCUT2D eigenvalue weighted by Gasteiger charge is -2.19. The number of nitrogens with zero attached hydrogens (tertiary/aromatic N) is 3. The molecule has 0 bridgehead atoms. The first-order chi connectivity index (χ1) is 10.0. The van der Waals surface area contributed by atoms with Crippen molar-refractivity contribution in [3.05, 3.63) is 41.0 Å². The van der Waals surface area contributed by atoms with E-state index in [1.54, 1.807) is 0 Å². The number of aliphatic hydroxyl groups excluding tert-OH is 1. The van der Waals surface area contributed by atoms with Crippen LogP contribution in [0.4, 0.5) is 5.69 Å². The van der Waals surface area contributed by atoms with Crippen LogP contribution in [0.2, 0.25) is 0 Å². The Kier molecular flexibility index (Phi) is 3.68. The lowest BCUT2D eigenvalue weighted by atomic mass is 10.0. The largest absolute Gasteiger partial charge is 0.391 e. The number of aryl methyl sites for hydroxylation is 3. The number of pyridine rings is 1. The van der Waals surface area contributed by atoms with E-state index >= 15 is 0 Å². The Morgan fingerprint density at radius 1 is 1.14 bits per heavy atom. The molecule has 1 N–H and O–H groups in total. The predicted octanol–water partition coefficient (Wildman–Crippen LogP) is 2.03. The summed E-state index contributed by atoms with van der Waals surface area (Å²) in [6, 6.07) is 6.08. The molecule has 5 nitrogen and oxygen atoms in total. The van der Waals surface area contributed by atoms with Crippen molar-refractivity contribution in [1.82, 2.24) is 10.1 Å². The maximum Gasteiger partial charge on any atom is 0.137 e. The van der Waals surface area contributed by atoms with Gasteiger partial charge < -0.3 is 14.5 Å². The highest BCUT2D eigenvalue weighted by molar-refractivity contribution is 5.49. The molecule has 2 aromatic heterocycles. The van der Waals surface area contributed by atoms with Gasteiger partial charge in [-0.15, -0.1) is 0 Å². The minimum Gasteiger partial charge on any atom is -0.391 e. The van der Waals surface area contributed by atoms with Crippen molar-refractivity contribution < 1.29 is 9.63 Å². The summed E-state index contributed by atoms with van der Waals surface area (Å²) < 4.78 is 5.26. The van der Waals surface area contributed by atoms with Crippen LogP contribution in [-0.2, 0) is 6.42 Å². The highest BCUT2D eigenvalue weighted by atomic mass is 16.5. The number of aliphatic hydroxyl groups is 1. The normalized spacial score (nSPS) is 22.0. The molecule has 3 rings (SSSR count). The van der Waals surface area contributed by atoms with Crippen LogP contribution in [0.15, 0.2) is 22.7 Å². The van der Waals surface area contributed by atoms with E-state index in [1.165, 1.54) is 0 Å². The zero-order valence-corrected chi connectivity index (χ0v) is 12.7. The first-order valence-electron chi connectivity index (χ1n) is 7.32. The van der Waals surface area contributed by atoms with Crippen molar-refractivity contribution in [2.75, 3.05) is 18.0 Å². The Morgan fingerprint density at radius 3 is 2.48 bits per heavy atom. The smallest absolute Gasteiger partial charge is 0.137 e. The summed E-state index contributed by atoms with van der Waals surface area (Å²) in [4.78, 5) is 6.62. The van der Waals surface area contributed by atoms with Crippen molar-refractivity contribution in [3.8, 4) is 0 Å². The van der Waals surface area contributed by atoms with E-state index in [9.17, 15) is 5.11 Å². The molecule has 0 unspecified atom stereocenters. The van der Waals surface area contributed by atoms with E-state index < -0.39 is 0 Å². The summed E-state index contributed by atoms with van der Waals surface area (Å²) in [6.07, 6.45) is 0.380. The third kappa shape index (κ3) is 3.08. The minimum atomic E-state index is -0.343. The number of β-amino-alcohol motifs (C(OH)–C–C–N with tert-alkyl or cyclic N) is 1. The lowest BCUT2D eigenvalue weighted by Crippen LogP contribution is -2.21. The van der Waals surface area contributed by atoms with Crippen LogP contribution in [0, 0.1) is 26.7 Å². The molecule has 3 heterocycles. The van der Waals surface area contributed by atoms with Gasteiger partial charge in [0.25, 0.3) is 0 Å². The second-order valence-electron chi connectivity index (χ2n) is 5.98.